The van der Waals surface area contributed by atoms with E-state index in [2.05, 4.69) is 6.58 Å². The summed E-state index contributed by atoms with van der Waals surface area (Å²) in [5, 5.41) is 9.98. The molecule has 1 aliphatic carbocycles. The highest BCUT2D eigenvalue weighted by atomic mass is 19.1. The highest BCUT2D eigenvalue weighted by Gasteiger charge is 2.40. The van der Waals surface area contributed by atoms with Crippen LogP contribution < -0.4 is 0 Å². The molecule has 1 saturated carbocycles. The third-order valence-corrected chi connectivity index (χ3v) is 4.55. The van der Waals surface area contributed by atoms with Crippen molar-refractivity contribution in [3.05, 3.63) is 71.6 Å². The smallest absolute Gasteiger partial charge is 0.342 e. The normalized spacial score (nSPS) is 15.9. The van der Waals surface area contributed by atoms with Crippen LogP contribution in [0.25, 0.3) is 6.08 Å². The Kier molecular flexibility index (Phi) is 4.38. The number of hydrogen-bond acceptors (Lipinski definition) is 3. The molecule has 0 heterocycles. The molecule has 3 rings (SSSR count). The van der Waals surface area contributed by atoms with E-state index in [1.54, 1.807) is 30.3 Å². The van der Waals surface area contributed by atoms with Crippen molar-refractivity contribution in [1.29, 1.82) is 0 Å². The molecule has 124 valence electrons. The van der Waals surface area contributed by atoms with E-state index in [4.69, 9.17) is 4.74 Å². The van der Waals surface area contributed by atoms with E-state index in [-0.39, 0.29) is 17.1 Å². The Balaban J connectivity index is 1.93. The van der Waals surface area contributed by atoms with Crippen LogP contribution >= 0.6 is 0 Å². The van der Waals surface area contributed by atoms with E-state index < -0.39 is 11.6 Å². The summed E-state index contributed by atoms with van der Waals surface area (Å²) >= 11 is 0. The summed E-state index contributed by atoms with van der Waals surface area (Å²) in [6.45, 7) is 3.66. The Hall–Kier alpha value is -2.62. The lowest BCUT2D eigenvalue weighted by molar-refractivity contribution is -0.0186. The molecular weight excluding hydrogens is 307 g/mol. The van der Waals surface area contributed by atoms with Crippen LogP contribution in [0.15, 0.2) is 49.0 Å². The molecular formula is C20H19FO3. The Labute approximate surface area is 140 Å². The summed E-state index contributed by atoms with van der Waals surface area (Å²) < 4.78 is 19.0. The minimum atomic E-state index is -0.762. The lowest BCUT2D eigenvalue weighted by Crippen LogP contribution is -2.29. The number of aromatic hydroxyl groups is 1. The van der Waals surface area contributed by atoms with Crippen LogP contribution in [0.2, 0.25) is 0 Å². The molecule has 24 heavy (non-hydrogen) atoms. The second-order valence-electron chi connectivity index (χ2n) is 6.08. The second-order valence-corrected chi connectivity index (χ2v) is 6.08. The van der Waals surface area contributed by atoms with Gasteiger partial charge in [0.25, 0.3) is 0 Å². The maximum absolute atomic E-state index is 13.2. The van der Waals surface area contributed by atoms with E-state index in [0.29, 0.717) is 12.8 Å². The zero-order valence-corrected chi connectivity index (χ0v) is 13.3. The standard InChI is InChI=1S/C20H19FO3/c1-2-14-5-10-18(22)17(13-14)19(23)24-20(11-3-4-12-20)15-6-8-16(21)9-7-15/h2,5-10,13,22H,1,3-4,11-12H2. The third-order valence-electron chi connectivity index (χ3n) is 4.55. The monoisotopic (exact) mass is 326 g/mol. The van der Waals surface area contributed by atoms with Gasteiger partial charge < -0.3 is 9.84 Å². The van der Waals surface area contributed by atoms with Gasteiger partial charge in [-0.05, 0) is 61.1 Å². The van der Waals surface area contributed by atoms with Crippen molar-refractivity contribution in [2.75, 3.05) is 0 Å². The van der Waals surface area contributed by atoms with Crippen LogP contribution in [0.1, 0.15) is 47.2 Å². The predicted molar refractivity (Wildman–Crippen MR) is 90.2 cm³/mol. The maximum atomic E-state index is 13.2. The first-order valence-corrected chi connectivity index (χ1v) is 7.99. The van der Waals surface area contributed by atoms with Crippen molar-refractivity contribution in [2.24, 2.45) is 0 Å². The Bertz CT molecular complexity index is 759. The summed E-state index contributed by atoms with van der Waals surface area (Å²) in [4.78, 5) is 12.6. The first-order valence-electron chi connectivity index (χ1n) is 7.99. The van der Waals surface area contributed by atoms with Crippen LogP contribution in [-0.2, 0) is 10.3 Å². The number of carbonyl (C=O) groups is 1. The van der Waals surface area contributed by atoms with Gasteiger partial charge in [0.05, 0.1) is 0 Å². The first kappa shape index (κ1) is 16.2. The van der Waals surface area contributed by atoms with Crippen molar-refractivity contribution >= 4 is 12.0 Å². The minimum absolute atomic E-state index is 0.112. The summed E-state index contributed by atoms with van der Waals surface area (Å²) in [6.07, 6.45) is 4.84. The van der Waals surface area contributed by atoms with Gasteiger partial charge in [-0.3, -0.25) is 0 Å². The zero-order chi connectivity index (χ0) is 17.2. The van der Waals surface area contributed by atoms with Crippen molar-refractivity contribution < 1.29 is 19.0 Å². The Morgan fingerprint density at radius 3 is 2.46 bits per heavy atom. The molecule has 1 fully saturated rings. The van der Waals surface area contributed by atoms with E-state index in [1.165, 1.54) is 18.2 Å². The summed E-state index contributed by atoms with van der Waals surface area (Å²) in [5.74, 6) is -1.03. The average molecular weight is 326 g/mol. The lowest BCUT2D eigenvalue weighted by Gasteiger charge is -2.30. The maximum Gasteiger partial charge on any atom is 0.342 e. The number of phenols is 1. The summed E-state index contributed by atoms with van der Waals surface area (Å²) in [6, 6.07) is 10.7. The first-order chi connectivity index (χ1) is 11.5. The second kappa shape index (κ2) is 6.48. The predicted octanol–water partition coefficient (Wildman–Crippen LogP) is 4.80. The Morgan fingerprint density at radius 1 is 1.17 bits per heavy atom. The fourth-order valence-electron chi connectivity index (χ4n) is 3.23. The van der Waals surface area contributed by atoms with E-state index in [1.807, 2.05) is 0 Å². The summed E-state index contributed by atoms with van der Waals surface area (Å²) in [5.41, 5.74) is 0.860. The highest BCUT2D eigenvalue weighted by molar-refractivity contribution is 5.93. The molecule has 0 amide bonds. The van der Waals surface area contributed by atoms with Crippen LogP contribution in [0, 0.1) is 5.82 Å². The molecule has 0 aromatic heterocycles. The van der Waals surface area contributed by atoms with Gasteiger partial charge in [0.15, 0.2) is 0 Å². The number of ether oxygens (including phenoxy) is 1. The molecule has 3 nitrogen and oxygen atoms in total. The Morgan fingerprint density at radius 2 is 1.83 bits per heavy atom. The SMILES string of the molecule is C=Cc1ccc(O)c(C(=O)OC2(c3ccc(F)cc3)CCCC2)c1. The van der Waals surface area contributed by atoms with Crippen molar-refractivity contribution in [3.63, 3.8) is 0 Å². The van der Waals surface area contributed by atoms with Crippen LogP contribution in [0.4, 0.5) is 4.39 Å². The topological polar surface area (TPSA) is 46.5 Å². The van der Waals surface area contributed by atoms with E-state index in [0.717, 1.165) is 24.0 Å². The van der Waals surface area contributed by atoms with Gasteiger partial charge >= 0.3 is 5.97 Å². The highest BCUT2D eigenvalue weighted by Crippen LogP contribution is 2.43. The van der Waals surface area contributed by atoms with Crippen molar-refractivity contribution in [3.8, 4) is 5.75 Å². The zero-order valence-electron chi connectivity index (χ0n) is 13.3. The van der Waals surface area contributed by atoms with Crippen LogP contribution in [0.3, 0.4) is 0 Å². The summed E-state index contributed by atoms with van der Waals surface area (Å²) in [7, 11) is 0. The minimum Gasteiger partial charge on any atom is -0.507 e. The van der Waals surface area contributed by atoms with Crippen molar-refractivity contribution in [2.45, 2.75) is 31.3 Å². The van der Waals surface area contributed by atoms with Crippen LogP contribution in [0.5, 0.6) is 5.75 Å². The molecule has 0 atom stereocenters. The number of carbonyl (C=O) groups excluding carboxylic acids is 1. The van der Waals surface area contributed by atoms with Gasteiger partial charge in [0.2, 0.25) is 0 Å². The number of hydrogen-bond donors (Lipinski definition) is 1. The number of rotatable bonds is 4. The number of esters is 1. The van der Waals surface area contributed by atoms with Gasteiger partial charge in [-0.15, -0.1) is 0 Å². The number of halogens is 1. The van der Waals surface area contributed by atoms with Crippen LogP contribution in [-0.4, -0.2) is 11.1 Å². The van der Waals surface area contributed by atoms with E-state index in [9.17, 15) is 14.3 Å². The molecule has 0 unspecified atom stereocenters. The number of benzene rings is 2. The molecule has 0 aliphatic heterocycles. The fraction of sp³-hybridized carbons (Fsp3) is 0.250. The molecule has 0 spiro atoms. The molecule has 2 aromatic carbocycles. The fourth-order valence-corrected chi connectivity index (χ4v) is 3.23. The molecule has 0 saturated heterocycles. The molecule has 4 heteroatoms. The van der Waals surface area contributed by atoms with Crippen molar-refractivity contribution in [1.82, 2.24) is 0 Å². The largest absolute Gasteiger partial charge is 0.507 e. The molecule has 0 bridgehead atoms. The molecule has 0 radical (unpaired) electrons. The van der Waals surface area contributed by atoms with Gasteiger partial charge in [-0.2, -0.15) is 0 Å². The van der Waals surface area contributed by atoms with E-state index >= 15 is 0 Å². The van der Waals surface area contributed by atoms with Gasteiger partial charge in [-0.1, -0.05) is 30.9 Å². The van der Waals surface area contributed by atoms with Gasteiger partial charge in [0, 0.05) is 0 Å². The third kappa shape index (κ3) is 3.04. The molecule has 1 N–H and O–H groups in total. The number of phenolic OH excluding ortho intramolecular Hbond substituents is 1. The molecule has 1 aliphatic rings. The average Bonchev–Trinajstić information content (AvgIpc) is 3.05. The van der Waals surface area contributed by atoms with Gasteiger partial charge in [-0.25, -0.2) is 9.18 Å². The lowest BCUT2D eigenvalue weighted by atomic mass is 9.91. The molecule has 2 aromatic rings. The van der Waals surface area contributed by atoms with Gasteiger partial charge in [0.1, 0.15) is 22.7 Å². The quantitative estimate of drug-likeness (QED) is 0.821.